The van der Waals surface area contributed by atoms with Crippen LogP contribution < -0.4 is 4.90 Å². The smallest absolute Gasteiger partial charge is 0.269 e. The molecule has 132 valence electrons. The second-order valence-corrected chi connectivity index (χ2v) is 7.06. The molecule has 0 bridgehead atoms. The number of rotatable bonds is 3. The van der Waals surface area contributed by atoms with E-state index in [9.17, 15) is 14.9 Å². The van der Waals surface area contributed by atoms with Gasteiger partial charge < -0.3 is 9.80 Å². The molecule has 1 aliphatic rings. The molecule has 2 heterocycles. The first-order chi connectivity index (χ1) is 12.6. The van der Waals surface area contributed by atoms with Gasteiger partial charge in [-0.25, -0.2) is 4.98 Å². The molecule has 1 amide bonds. The molecule has 0 radical (unpaired) electrons. The quantitative estimate of drug-likeness (QED) is 0.524. The number of carbonyl (C=O) groups excluding carboxylic acids is 1. The van der Waals surface area contributed by atoms with E-state index in [1.54, 1.807) is 16.2 Å². The van der Waals surface area contributed by atoms with Crippen molar-refractivity contribution in [3.63, 3.8) is 0 Å². The summed E-state index contributed by atoms with van der Waals surface area (Å²) >= 11 is 1.66. The van der Waals surface area contributed by atoms with Crippen LogP contribution in [0.5, 0.6) is 0 Å². The fourth-order valence-electron chi connectivity index (χ4n) is 3.00. The van der Waals surface area contributed by atoms with E-state index < -0.39 is 4.92 Å². The second-order valence-electron chi connectivity index (χ2n) is 6.05. The van der Waals surface area contributed by atoms with Gasteiger partial charge in [-0.1, -0.05) is 23.5 Å². The van der Waals surface area contributed by atoms with Crippen LogP contribution in [0.2, 0.25) is 0 Å². The number of anilines is 1. The molecule has 2 aromatic carbocycles. The van der Waals surface area contributed by atoms with Crippen molar-refractivity contribution in [2.45, 2.75) is 0 Å². The molecule has 0 unspecified atom stereocenters. The molecule has 0 spiro atoms. The highest BCUT2D eigenvalue weighted by Gasteiger charge is 2.24. The van der Waals surface area contributed by atoms with E-state index in [-0.39, 0.29) is 11.6 Å². The summed E-state index contributed by atoms with van der Waals surface area (Å²) in [5.41, 5.74) is 1.46. The first-order valence-electron chi connectivity index (χ1n) is 8.26. The van der Waals surface area contributed by atoms with Gasteiger partial charge in [0.1, 0.15) is 0 Å². The van der Waals surface area contributed by atoms with E-state index in [4.69, 9.17) is 0 Å². The minimum Gasteiger partial charge on any atom is -0.345 e. The number of thiazole rings is 1. The molecule has 0 saturated carbocycles. The minimum atomic E-state index is -0.467. The minimum absolute atomic E-state index is 0.0118. The van der Waals surface area contributed by atoms with Gasteiger partial charge in [0, 0.05) is 43.9 Å². The van der Waals surface area contributed by atoms with Crippen LogP contribution >= 0.6 is 11.3 Å². The highest BCUT2D eigenvalue weighted by atomic mass is 32.1. The van der Waals surface area contributed by atoms with Crippen molar-refractivity contribution in [1.29, 1.82) is 0 Å². The Balaban J connectivity index is 1.42. The third kappa shape index (κ3) is 3.11. The van der Waals surface area contributed by atoms with E-state index in [1.807, 2.05) is 18.2 Å². The fourth-order valence-corrected chi connectivity index (χ4v) is 4.02. The van der Waals surface area contributed by atoms with Gasteiger partial charge in [-0.3, -0.25) is 14.9 Å². The van der Waals surface area contributed by atoms with Gasteiger partial charge in [0.15, 0.2) is 5.13 Å². The number of hydrogen-bond acceptors (Lipinski definition) is 6. The van der Waals surface area contributed by atoms with Gasteiger partial charge in [0.25, 0.3) is 11.6 Å². The lowest BCUT2D eigenvalue weighted by molar-refractivity contribution is -0.384. The van der Waals surface area contributed by atoms with Gasteiger partial charge in [0.2, 0.25) is 0 Å². The van der Waals surface area contributed by atoms with Crippen molar-refractivity contribution in [2.24, 2.45) is 0 Å². The number of carbonyl (C=O) groups is 1. The van der Waals surface area contributed by atoms with Gasteiger partial charge in [-0.05, 0) is 24.3 Å². The van der Waals surface area contributed by atoms with Gasteiger partial charge in [-0.15, -0.1) is 0 Å². The number of para-hydroxylation sites is 1. The molecule has 0 aliphatic carbocycles. The lowest BCUT2D eigenvalue weighted by Crippen LogP contribution is -2.48. The van der Waals surface area contributed by atoms with Crippen molar-refractivity contribution >= 4 is 38.3 Å². The van der Waals surface area contributed by atoms with E-state index >= 15 is 0 Å². The molecular weight excluding hydrogens is 352 g/mol. The largest absolute Gasteiger partial charge is 0.345 e. The van der Waals surface area contributed by atoms with Gasteiger partial charge in [0.05, 0.1) is 15.1 Å². The van der Waals surface area contributed by atoms with Gasteiger partial charge in [-0.2, -0.15) is 0 Å². The van der Waals surface area contributed by atoms with Crippen LogP contribution in [-0.2, 0) is 0 Å². The summed E-state index contributed by atoms with van der Waals surface area (Å²) < 4.78 is 1.16. The zero-order valence-corrected chi connectivity index (χ0v) is 14.7. The van der Waals surface area contributed by atoms with Crippen LogP contribution in [0.3, 0.4) is 0 Å². The maximum atomic E-state index is 12.6. The van der Waals surface area contributed by atoms with Crippen molar-refractivity contribution in [1.82, 2.24) is 9.88 Å². The Morgan fingerprint density at radius 2 is 1.73 bits per heavy atom. The molecule has 1 fully saturated rings. The van der Waals surface area contributed by atoms with E-state index in [0.29, 0.717) is 18.7 Å². The van der Waals surface area contributed by atoms with Crippen LogP contribution in [0.15, 0.2) is 48.5 Å². The van der Waals surface area contributed by atoms with Crippen LogP contribution in [0, 0.1) is 10.1 Å². The zero-order valence-electron chi connectivity index (χ0n) is 13.9. The number of nitrogens with zero attached hydrogens (tertiary/aromatic N) is 4. The van der Waals surface area contributed by atoms with E-state index in [1.165, 1.54) is 24.3 Å². The lowest BCUT2D eigenvalue weighted by atomic mass is 10.1. The zero-order chi connectivity index (χ0) is 18.1. The Bertz CT molecular complexity index is 929. The summed E-state index contributed by atoms with van der Waals surface area (Å²) in [6.45, 7) is 2.65. The first kappa shape index (κ1) is 16.5. The molecule has 1 aromatic heterocycles. The van der Waals surface area contributed by atoms with E-state index in [2.05, 4.69) is 16.0 Å². The highest BCUT2D eigenvalue weighted by molar-refractivity contribution is 7.22. The number of nitro benzene ring substituents is 1. The Morgan fingerprint density at radius 3 is 2.38 bits per heavy atom. The average Bonchev–Trinajstić information content (AvgIpc) is 3.12. The fraction of sp³-hybridized carbons (Fsp3) is 0.222. The number of non-ortho nitro benzene ring substituents is 1. The molecule has 3 aromatic rings. The van der Waals surface area contributed by atoms with Crippen molar-refractivity contribution in [3.8, 4) is 0 Å². The third-order valence-electron chi connectivity index (χ3n) is 4.45. The summed E-state index contributed by atoms with van der Waals surface area (Å²) in [4.78, 5) is 31.5. The van der Waals surface area contributed by atoms with Crippen LogP contribution in [0.1, 0.15) is 10.4 Å². The Hall–Kier alpha value is -3.00. The first-order valence-corrected chi connectivity index (χ1v) is 9.08. The predicted molar refractivity (Wildman–Crippen MR) is 101 cm³/mol. The maximum absolute atomic E-state index is 12.6. The third-order valence-corrected chi connectivity index (χ3v) is 5.54. The lowest BCUT2D eigenvalue weighted by Gasteiger charge is -2.34. The van der Waals surface area contributed by atoms with Crippen LogP contribution in [-0.4, -0.2) is 46.9 Å². The molecule has 0 atom stereocenters. The number of amides is 1. The second kappa shape index (κ2) is 6.72. The predicted octanol–water partition coefficient (Wildman–Crippen LogP) is 3.17. The number of piperazine rings is 1. The Labute approximate surface area is 153 Å². The molecule has 1 aliphatic heterocycles. The Kier molecular flexibility index (Phi) is 4.26. The number of fused-ring (bicyclic) bond motifs is 1. The molecule has 0 N–H and O–H groups in total. The highest BCUT2D eigenvalue weighted by Crippen LogP contribution is 2.29. The van der Waals surface area contributed by atoms with Crippen molar-refractivity contribution in [2.75, 3.05) is 31.1 Å². The summed E-state index contributed by atoms with van der Waals surface area (Å²) in [5.74, 6) is -0.0937. The van der Waals surface area contributed by atoms with E-state index in [0.717, 1.165) is 28.4 Å². The summed E-state index contributed by atoms with van der Waals surface area (Å²) in [5, 5.41) is 11.7. The topological polar surface area (TPSA) is 79.6 Å². The summed E-state index contributed by atoms with van der Waals surface area (Å²) in [7, 11) is 0. The van der Waals surface area contributed by atoms with Crippen molar-refractivity contribution in [3.05, 3.63) is 64.2 Å². The molecule has 7 nitrogen and oxygen atoms in total. The number of hydrogen-bond donors (Lipinski definition) is 0. The maximum Gasteiger partial charge on any atom is 0.269 e. The number of aromatic nitrogens is 1. The monoisotopic (exact) mass is 368 g/mol. The van der Waals surface area contributed by atoms with Crippen LogP contribution in [0.4, 0.5) is 10.8 Å². The number of benzene rings is 2. The average molecular weight is 368 g/mol. The molecule has 26 heavy (non-hydrogen) atoms. The molecule has 8 heteroatoms. The molecule has 1 saturated heterocycles. The molecular formula is C18H16N4O3S. The number of nitro groups is 1. The normalized spacial score (nSPS) is 14.6. The SMILES string of the molecule is O=C(c1ccc([N+](=O)[O-])cc1)N1CCN(c2nc3ccccc3s2)CC1. The molecule has 4 rings (SSSR count). The summed E-state index contributed by atoms with van der Waals surface area (Å²) in [6, 6.07) is 13.8. The van der Waals surface area contributed by atoms with Crippen LogP contribution in [0.25, 0.3) is 10.2 Å². The standard InChI is InChI=1S/C18H16N4O3S/c23-17(13-5-7-14(8-6-13)22(24)25)20-9-11-21(12-10-20)18-19-15-3-1-2-4-16(15)26-18/h1-8H,9-12H2. The van der Waals surface area contributed by atoms with Crippen molar-refractivity contribution < 1.29 is 9.72 Å². The Morgan fingerprint density at radius 1 is 1.04 bits per heavy atom. The summed E-state index contributed by atoms with van der Waals surface area (Å²) in [6.07, 6.45) is 0. The van der Waals surface area contributed by atoms with Gasteiger partial charge >= 0.3 is 0 Å².